The smallest absolute Gasteiger partial charge is 0.142 e. The van der Waals surface area contributed by atoms with Crippen molar-refractivity contribution in [3.63, 3.8) is 0 Å². The molecule has 5 heteroatoms. The topological polar surface area (TPSA) is 57.2 Å². The molecule has 0 fully saturated rings. The van der Waals surface area contributed by atoms with E-state index in [4.69, 9.17) is 19.6 Å². The molecule has 0 rings (SSSR count). The van der Waals surface area contributed by atoms with E-state index in [0.29, 0.717) is 13.2 Å². The summed E-state index contributed by atoms with van der Waals surface area (Å²) in [4.78, 5) is 21.0. The SMILES string of the molecule is CCCCCCCCCCCCCCCCOOCC(CO)OOCCCCCCCCCCCCCCCC. The van der Waals surface area contributed by atoms with Gasteiger partial charge in [-0.15, -0.1) is 0 Å². The fourth-order valence-electron chi connectivity index (χ4n) is 5.15. The third kappa shape index (κ3) is 34.0. The third-order valence-electron chi connectivity index (χ3n) is 7.91. The summed E-state index contributed by atoms with van der Waals surface area (Å²) in [6.45, 7) is 5.77. The van der Waals surface area contributed by atoms with Crippen LogP contribution in [0.4, 0.5) is 0 Å². The lowest BCUT2D eigenvalue weighted by molar-refractivity contribution is -0.369. The Morgan fingerprint density at radius 1 is 0.375 bits per heavy atom. The molecule has 1 N–H and O–H groups in total. The normalized spacial score (nSPS) is 12.4. The molecular formula is C35H72O5. The molecule has 1 atom stereocenters. The molecule has 0 aromatic rings. The van der Waals surface area contributed by atoms with E-state index in [1.807, 2.05) is 0 Å². The van der Waals surface area contributed by atoms with Crippen molar-refractivity contribution < 1.29 is 24.7 Å². The maximum Gasteiger partial charge on any atom is 0.142 e. The van der Waals surface area contributed by atoms with E-state index in [0.717, 1.165) is 12.8 Å². The molecule has 0 heterocycles. The number of unbranched alkanes of at least 4 members (excludes halogenated alkanes) is 26. The summed E-state index contributed by atoms with van der Waals surface area (Å²) in [5.41, 5.74) is 0. The summed E-state index contributed by atoms with van der Waals surface area (Å²) < 4.78 is 0. The molecule has 0 aromatic carbocycles. The van der Waals surface area contributed by atoms with Gasteiger partial charge in [-0.05, 0) is 12.8 Å². The minimum absolute atomic E-state index is 0.138. The molecule has 0 aliphatic heterocycles. The van der Waals surface area contributed by atoms with Crippen LogP contribution < -0.4 is 0 Å². The summed E-state index contributed by atoms with van der Waals surface area (Å²) in [5.74, 6) is 0. The molecular weight excluding hydrogens is 500 g/mol. The standard InChI is InChI=1S/C35H72O5/c1-3-5-7-9-11-13-15-17-19-21-23-25-27-29-31-37-39-34-35(33-36)40-38-32-30-28-26-24-22-20-18-16-14-12-10-8-6-4-2/h35-36H,3-34H2,1-2H3. The van der Waals surface area contributed by atoms with Gasteiger partial charge in [0.05, 0.1) is 19.8 Å². The van der Waals surface area contributed by atoms with Crippen LogP contribution >= 0.6 is 0 Å². The van der Waals surface area contributed by atoms with E-state index >= 15 is 0 Å². The van der Waals surface area contributed by atoms with Crippen LogP contribution in [-0.4, -0.2) is 37.6 Å². The monoisotopic (exact) mass is 573 g/mol. The van der Waals surface area contributed by atoms with Crippen LogP contribution in [0.2, 0.25) is 0 Å². The van der Waals surface area contributed by atoms with E-state index < -0.39 is 6.10 Å². The van der Waals surface area contributed by atoms with Gasteiger partial charge in [-0.2, -0.15) is 0 Å². The molecule has 5 nitrogen and oxygen atoms in total. The van der Waals surface area contributed by atoms with Crippen LogP contribution in [0.5, 0.6) is 0 Å². The highest BCUT2D eigenvalue weighted by atomic mass is 17.2. The van der Waals surface area contributed by atoms with Gasteiger partial charge in [-0.1, -0.05) is 181 Å². The summed E-state index contributed by atoms with van der Waals surface area (Å²) in [6.07, 6.45) is 37.1. The second-order valence-electron chi connectivity index (χ2n) is 12.0. The van der Waals surface area contributed by atoms with E-state index in [1.54, 1.807) is 0 Å². The number of aliphatic hydroxyl groups excluding tert-OH is 1. The van der Waals surface area contributed by atoms with Crippen LogP contribution in [0, 0.1) is 0 Å². The van der Waals surface area contributed by atoms with Gasteiger partial charge in [0, 0.05) is 0 Å². The van der Waals surface area contributed by atoms with Crippen molar-refractivity contribution in [2.24, 2.45) is 0 Å². The van der Waals surface area contributed by atoms with Crippen molar-refractivity contribution in [3.8, 4) is 0 Å². The fourth-order valence-corrected chi connectivity index (χ4v) is 5.15. The number of hydrogen-bond donors (Lipinski definition) is 1. The molecule has 1 unspecified atom stereocenters. The van der Waals surface area contributed by atoms with Crippen molar-refractivity contribution in [2.75, 3.05) is 26.4 Å². The molecule has 0 amide bonds. The van der Waals surface area contributed by atoms with Gasteiger partial charge in [-0.25, -0.2) is 19.6 Å². The lowest BCUT2D eigenvalue weighted by atomic mass is 10.0. The molecule has 40 heavy (non-hydrogen) atoms. The Kier molecular flexibility index (Phi) is 36.6. The molecule has 0 saturated carbocycles. The Hall–Kier alpha value is -0.200. The quantitative estimate of drug-likeness (QED) is 0.0459. The predicted molar refractivity (Wildman–Crippen MR) is 170 cm³/mol. The predicted octanol–water partition coefficient (Wildman–Crippen LogP) is 11.2. The second-order valence-corrected chi connectivity index (χ2v) is 12.0. The van der Waals surface area contributed by atoms with Crippen molar-refractivity contribution >= 4 is 0 Å². The minimum atomic E-state index is -0.497. The fraction of sp³-hybridized carbons (Fsp3) is 1.00. The minimum Gasteiger partial charge on any atom is -0.393 e. The molecule has 0 aromatic heterocycles. The van der Waals surface area contributed by atoms with Crippen LogP contribution in [0.1, 0.15) is 194 Å². The van der Waals surface area contributed by atoms with E-state index in [1.165, 1.54) is 167 Å². The van der Waals surface area contributed by atoms with Gasteiger partial charge in [0.2, 0.25) is 0 Å². The van der Waals surface area contributed by atoms with Crippen LogP contribution in [0.25, 0.3) is 0 Å². The van der Waals surface area contributed by atoms with E-state index in [-0.39, 0.29) is 13.2 Å². The van der Waals surface area contributed by atoms with E-state index in [9.17, 15) is 5.11 Å². The number of hydrogen-bond acceptors (Lipinski definition) is 5. The maximum atomic E-state index is 9.45. The lowest BCUT2D eigenvalue weighted by Gasteiger charge is -2.14. The summed E-state index contributed by atoms with van der Waals surface area (Å²) in [6, 6.07) is 0. The Morgan fingerprint density at radius 2 is 0.675 bits per heavy atom. The van der Waals surface area contributed by atoms with Crippen LogP contribution in [-0.2, 0) is 19.6 Å². The largest absolute Gasteiger partial charge is 0.393 e. The van der Waals surface area contributed by atoms with Gasteiger partial charge in [0.15, 0.2) is 0 Å². The first-order chi connectivity index (χ1) is 19.8. The first-order valence-electron chi connectivity index (χ1n) is 18.0. The zero-order chi connectivity index (χ0) is 29.0. The Labute approximate surface area is 250 Å². The summed E-state index contributed by atoms with van der Waals surface area (Å²) in [7, 11) is 0. The molecule has 0 saturated heterocycles. The number of aliphatic hydroxyl groups is 1. The van der Waals surface area contributed by atoms with Crippen LogP contribution in [0.15, 0.2) is 0 Å². The third-order valence-corrected chi connectivity index (χ3v) is 7.91. The molecule has 0 aliphatic rings. The van der Waals surface area contributed by atoms with Crippen molar-refractivity contribution in [2.45, 2.75) is 200 Å². The Bertz CT molecular complexity index is 434. The second kappa shape index (κ2) is 36.8. The van der Waals surface area contributed by atoms with Gasteiger partial charge >= 0.3 is 0 Å². The highest BCUT2D eigenvalue weighted by Crippen LogP contribution is 2.14. The highest BCUT2D eigenvalue weighted by Gasteiger charge is 2.10. The van der Waals surface area contributed by atoms with Gasteiger partial charge in [0.25, 0.3) is 0 Å². The first-order valence-corrected chi connectivity index (χ1v) is 18.0. The van der Waals surface area contributed by atoms with E-state index in [2.05, 4.69) is 13.8 Å². The highest BCUT2D eigenvalue weighted by molar-refractivity contribution is 4.51. The molecule has 242 valence electrons. The van der Waals surface area contributed by atoms with Crippen molar-refractivity contribution in [1.82, 2.24) is 0 Å². The van der Waals surface area contributed by atoms with Gasteiger partial charge < -0.3 is 5.11 Å². The zero-order valence-corrected chi connectivity index (χ0v) is 27.3. The molecule has 0 bridgehead atoms. The molecule has 0 spiro atoms. The lowest BCUT2D eigenvalue weighted by Crippen LogP contribution is -2.24. The maximum absolute atomic E-state index is 9.45. The zero-order valence-electron chi connectivity index (χ0n) is 27.3. The summed E-state index contributed by atoms with van der Waals surface area (Å²) in [5, 5.41) is 9.45. The average molecular weight is 573 g/mol. The van der Waals surface area contributed by atoms with Crippen LogP contribution in [0.3, 0.4) is 0 Å². The van der Waals surface area contributed by atoms with Crippen molar-refractivity contribution in [3.05, 3.63) is 0 Å². The molecule has 0 aliphatic carbocycles. The average Bonchev–Trinajstić information content (AvgIpc) is 2.97. The Balaban J connectivity index is 3.24. The molecule has 0 radical (unpaired) electrons. The Morgan fingerprint density at radius 3 is 1.00 bits per heavy atom. The van der Waals surface area contributed by atoms with Gasteiger partial charge in [0.1, 0.15) is 12.7 Å². The van der Waals surface area contributed by atoms with Gasteiger partial charge in [-0.3, -0.25) is 0 Å². The van der Waals surface area contributed by atoms with Crippen molar-refractivity contribution in [1.29, 1.82) is 0 Å². The number of rotatable bonds is 36. The first kappa shape index (κ1) is 39.8. The summed E-state index contributed by atoms with van der Waals surface area (Å²) >= 11 is 0.